The van der Waals surface area contributed by atoms with Crippen LogP contribution in [0.25, 0.3) is 11.3 Å². The van der Waals surface area contributed by atoms with Gasteiger partial charge in [-0.15, -0.1) is 0 Å². The molecule has 2 N–H and O–H groups in total. The molecule has 0 unspecified atom stereocenters. The van der Waals surface area contributed by atoms with Gasteiger partial charge in [0.1, 0.15) is 11.6 Å². The van der Waals surface area contributed by atoms with Gasteiger partial charge in [0, 0.05) is 11.6 Å². The SMILES string of the molecule is O=C(Oc1ccc(/C=N\Nc2nc(-c3ccccc3)cc(=O)[nH]2)cc1)c1ccc(F)cc1. The number of benzene rings is 3. The molecule has 0 bridgehead atoms. The van der Waals surface area contributed by atoms with Gasteiger partial charge in [0.15, 0.2) is 0 Å². The minimum absolute atomic E-state index is 0.206. The van der Waals surface area contributed by atoms with Crippen LogP contribution >= 0.6 is 0 Å². The van der Waals surface area contributed by atoms with Crippen molar-refractivity contribution in [3.63, 3.8) is 0 Å². The van der Waals surface area contributed by atoms with Gasteiger partial charge in [0.05, 0.1) is 17.5 Å². The van der Waals surface area contributed by atoms with Crippen molar-refractivity contribution in [3.8, 4) is 17.0 Å². The van der Waals surface area contributed by atoms with E-state index in [1.165, 1.54) is 36.5 Å². The second-order valence-corrected chi connectivity index (χ2v) is 6.68. The molecule has 0 amide bonds. The number of carbonyl (C=O) groups is 1. The molecule has 0 radical (unpaired) electrons. The van der Waals surface area contributed by atoms with Crippen LogP contribution in [-0.2, 0) is 0 Å². The van der Waals surface area contributed by atoms with Crippen molar-refractivity contribution < 1.29 is 13.9 Å². The molecule has 32 heavy (non-hydrogen) atoms. The van der Waals surface area contributed by atoms with Crippen LogP contribution in [0.3, 0.4) is 0 Å². The largest absolute Gasteiger partial charge is 0.423 e. The number of H-pyrrole nitrogens is 1. The number of halogens is 1. The number of anilines is 1. The topological polar surface area (TPSA) is 96.4 Å². The quantitative estimate of drug-likeness (QED) is 0.207. The number of ether oxygens (including phenoxy) is 1. The Morgan fingerprint density at radius 1 is 1.00 bits per heavy atom. The average Bonchev–Trinajstić information content (AvgIpc) is 2.81. The summed E-state index contributed by atoms with van der Waals surface area (Å²) in [5.41, 5.74) is 4.72. The second-order valence-electron chi connectivity index (χ2n) is 6.68. The summed E-state index contributed by atoms with van der Waals surface area (Å²) >= 11 is 0. The van der Waals surface area contributed by atoms with E-state index in [1.807, 2.05) is 30.3 Å². The second kappa shape index (κ2) is 9.48. The summed E-state index contributed by atoms with van der Waals surface area (Å²) in [4.78, 5) is 30.9. The molecule has 0 spiro atoms. The molecule has 3 aromatic carbocycles. The maximum Gasteiger partial charge on any atom is 0.343 e. The molecule has 0 saturated heterocycles. The number of aromatic nitrogens is 2. The Labute approximate surface area is 182 Å². The van der Waals surface area contributed by atoms with Crippen LogP contribution in [0.2, 0.25) is 0 Å². The maximum atomic E-state index is 13.0. The molecule has 4 rings (SSSR count). The van der Waals surface area contributed by atoms with E-state index in [4.69, 9.17) is 4.74 Å². The molecule has 7 nitrogen and oxygen atoms in total. The molecular weight excluding hydrogens is 411 g/mol. The van der Waals surface area contributed by atoms with Crippen molar-refractivity contribution in [2.24, 2.45) is 5.10 Å². The van der Waals surface area contributed by atoms with Gasteiger partial charge in [0.25, 0.3) is 5.56 Å². The minimum Gasteiger partial charge on any atom is -0.423 e. The van der Waals surface area contributed by atoms with Gasteiger partial charge in [-0.3, -0.25) is 9.78 Å². The number of carbonyl (C=O) groups excluding carboxylic acids is 1. The van der Waals surface area contributed by atoms with E-state index in [-0.39, 0.29) is 17.1 Å². The van der Waals surface area contributed by atoms with Crippen molar-refractivity contribution in [3.05, 3.63) is 112 Å². The molecule has 8 heteroatoms. The molecule has 1 aromatic heterocycles. The highest BCUT2D eigenvalue weighted by molar-refractivity contribution is 5.91. The first-order valence-electron chi connectivity index (χ1n) is 9.60. The van der Waals surface area contributed by atoms with Crippen LogP contribution in [0, 0.1) is 5.82 Å². The minimum atomic E-state index is -0.582. The van der Waals surface area contributed by atoms with Gasteiger partial charge < -0.3 is 4.74 Å². The van der Waals surface area contributed by atoms with E-state index in [9.17, 15) is 14.0 Å². The van der Waals surface area contributed by atoms with Crippen LogP contribution in [0.1, 0.15) is 15.9 Å². The first kappa shape index (κ1) is 20.7. The summed E-state index contributed by atoms with van der Waals surface area (Å²) < 4.78 is 18.2. The van der Waals surface area contributed by atoms with E-state index in [2.05, 4.69) is 20.5 Å². The summed E-state index contributed by atoms with van der Waals surface area (Å²) in [5.74, 6) is -0.463. The highest BCUT2D eigenvalue weighted by atomic mass is 19.1. The number of hydrogen-bond acceptors (Lipinski definition) is 6. The number of hydrazone groups is 1. The van der Waals surface area contributed by atoms with Gasteiger partial charge in [-0.2, -0.15) is 5.10 Å². The summed E-state index contributed by atoms with van der Waals surface area (Å²) in [6.07, 6.45) is 1.53. The molecule has 0 aliphatic carbocycles. The summed E-state index contributed by atoms with van der Waals surface area (Å²) in [5, 5.41) is 4.08. The standard InChI is InChI=1S/C24H17FN4O3/c25-19-10-8-18(9-11-19)23(31)32-20-12-6-16(7-13-20)15-26-29-24-27-21(14-22(30)28-24)17-4-2-1-3-5-17/h1-15H,(H2,27,28,29,30)/b26-15-. The lowest BCUT2D eigenvalue weighted by Gasteiger charge is -2.05. The maximum absolute atomic E-state index is 13.0. The zero-order chi connectivity index (χ0) is 22.3. The van der Waals surface area contributed by atoms with Crippen molar-refractivity contribution in [1.29, 1.82) is 0 Å². The van der Waals surface area contributed by atoms with Crippen molar-refractivity contribution in [2.45, 2.75) is 0 Å². The Balaban J connectivity index is 1.39. The first-order valence-corrected chi connectivity index (χ1v) is 9.60. The van der Waals surface area contributed by atoms with Crippen LogP contribution < -0.4 is 15.7 Å². The first-order chi connectivity index (χ1) is 15.6. The number of hydrogen-bond donors (Lipinski definition) is 2. The van der Waals surface area contributed by atoms with Gasteiger partial charge in [-0.05, 0) is 54.1 Å². The predicted molar refractivity (Wildman–Crippen MR) is 119 cm³/mol. The van der Waals surface area contributed by atoms with Crippen molar-refractivity contribution >= 4 is 18.1 Å². The number of nitrogens with one attached hydrogen (secondary N) is 2. The monoisotopic (exact) mass is 428 g/mol. The Morgan fingerprint density at radius 3 is 2.44 bits per heavy atom. The number of nitrogens with zero attached hydrogens (tertiary/aromatic N) is 2. The lowest BCUT2D eigenvalue weighted by molar-refractivity contribution is 0.0734. The van der Waals surface area contributed by atoms with E-state index in [0.29, 0.717) is 11.4 Å². The molecule has 1 heterocycles. The van der Waals surface area contributed by atoms with Crippen LogP contribution in [0.5, 0.6) is 5.75 Å². The molecule has 0 saturated carbocycles. The Kier molecular flexibility index (Phi) is 6.12. The van der Waals surface area contributed by atoms with E-state index in [1.54, 1.807) is 24.3 Å². The fourth-order valence-corrected chi connectivity index (χ4v) is 2.81. The lowest BCUT2D eigenvalue weighted by Crippen LogP contribution is -2.10. The normalized spacial score (nSPS) is 10.8. The Morgan fingerprint density at radius 2 is 1.72 bits per heavy atom. The van der Waals surface area contributed by atoms with Crippen LogP contribution in [0.4, 0.5) is 10.3 Å². The van der Waals surface area contributed by atoms with E-state index in [0.717, 1.165) is 11.1 Å². The third-order valence-corrected chi connectivity index (χ3v) is 4.37. The number of aromatic amines is 1. The Bertz CT molecular complexity index is 1300. The molecule has 158 valence electrons. The average molecular weight is 428 g/mol. The molecule has 0 aliphatic heterocycles. The smallest absolute Gasteiger partial charge is 0.343 e. The molecule has 0 fully saturated rings. The molecule has 0 atom stereocenters. The summed E-state index contributed by atoms with van der Waals surface area (Å²) in [6.45, 7) is 0. The Hall–Kier alpha value is -4.59. The third kappa shape index (κ3) is 5.31. The predicted octanol–water partition coefficient (Wildman–Crippen LogP) is 4.24. The molecule has 0 aliphatic rings. The highest BCUT2D eigenvalue weighted by Crippen LogP contribution is 2.16. The van der Waals surface area contributed by atoms with Crippen molar-refractivity contribution in [2.75, 3.05) is 5.43 Å². The fraction of sp³-hybridized carbons (Fsp3) is 0. The van der Waals surface area contributed by atoms with Crippen LogP contribution in [-0.4, -0.2) is 22.2 Å². The highest BCUT2D eigenvalue weighted by Gasteiger charge is 2.08. The third-order valence-electron chi connectivity index (χ3n) is 4.37. The fourth-order valence-electron chi connectivity index (χ4n) is 2.81. The lowest BCUT2D eigenvalue weighted by atomic mass is 10.1. The van der Waals surface area contributed by atoms with Crippen molar-refractivity contribution in [1.82, 2.24) is 9.97 Å². The molecular formula is C24H17FN4O3. The van der Waals surface area contributed by atoms with Gasteiger partial charge in [-0.25, -0.2) is 19.6 Å². The van der Waals surface area contributed by atoms with Crippen LogP contribution in [0.15, 0.2) is 94.8 Å². The van der Waals surface area contributed by atoms with Gasteiger partial charge >= 0.3 is 5.97 Å². The number of esters is 1. The van der Waals surface area contributed by atoms with E-state index >= 15 is 0 Å². The number of rotatable bonds is 6. The van der Waals surface area contributed by atoms with Gasteiger partial charge in [0.2, 0.25) is 5.95 Å². The zero-order valence-corrected chi connectivity index (χ0v) is 16.7. The van der Waals surface area contributed by atoms with Gasteiger partial charge in [-0.1, -0.05) is 30.3 Å². The summed E-state index contributed by atoms with van der Waals surface area (Å²) in [6, 6.07) is 22.5. The zero-order valence-electron chi connectivity index (χ0n) is 16.7. The summed E-state index contributed by atoms with van der Waals surface area (Å²) in [7, 11) is 0. The van der Waals surface area contributed by atoms with E-state index < -0.39 is 11.8 Å². The molecule has 4 aromatic rings.